The first-order valence-corrected chi connectivity index (χ1v) is 6.71. The topological polar surface area (TPSA) is 35.2 Å². The number of hydrogen-bond acceptors (Lipinski definition) is 2. The summed E-state index contributed by atoms with van der Waals surface area (Å²) in [5.41, 5.74) is 7.98. The highest BCUT2D eigenvalue weighted by atomic mass is 35.5. The van der Waals surface area contributed by atoms with Crippen LogP contribution in [0.15, 0.2) is 42.5 Å². The highest BCUT2D eigenvalue weighted by molar-refractivity contribution is 6.31. The number of halogens is 1. The third-order valence-electron chi connectivity index (χ3n) is 2.87. The summed E-state index contributed by atoms with van der Waals surface area (Å²) in [6.45, 7) is 3.95. The standard InChI is InChI=1S/C16H18ClNO/c1-11-9-14(7-8-15(11)17)19-16-6-4-3-5-13(16)10-12(2)18/h3-9,12H,10,18H2,1-2H3. The van der Waals surface area contributed by atoms with E-state index in [2.05, 4.69) is 0 Å². The minimum absolute atomic E-state index is 0.108. The summed E-state index contributed by atoms with van der Waals surface area (Å²) in [5, 5.41) is 0.746. The van der Waals surface area contributed by atoms with Crippen LogP contribution in [0.4, 0.5) is 0 Å². The molecule has 1 atom stereocenters. The molecule has 0 aliphatic heterocycles. The molecule has 3 heteroatoms. The van der Waals surface area contributed by atoms with Gasteiger partial charge in [0.15, 0.2) is 0 Å². The van der Waals surface area contributed by atoms with E-state index in [1.54, 1.807) is 0 Å². The number of aryl methyl sites for hydroxylation is 1. The highest BCUT2D eigenvalue weighted by Crippen LogP contribution is 2.28. The van der Waals surface area contributed by atoms with E-state index in [1.165, 1.54) is 0 Å². The lowest BCUT2D eigenvalue weighted by molar-refractivity contribution is 0.473. The molecule has 0 spiro atoms. The maximum atomic E-state index is 6.01. The molecule has 0 aliphatic carbocycles. The summed E-state index contributed by atoms with van der Waals surface area (Å²) in [4.78, 5) is 0. The fraction of sp³-hybridized carbons (Fsp3) is 0.250. The van der Waals surface area contributed by atoms with Crippen LogP contribution >= 0.6 is 11.6 Å². The van der Waals surface area contributed by atoms with E-state index in [0.717, 1.165) is 34.1 Å². The predicted octanol–water partition coefficient (Wildman–Crippen LogP) is 4.33. The molecule has 2 aromatic carbocycles. The zero-order valence-corrected chi connectivity index (χ0v) is 11.9. The number of rotatable bonds is 4. The van der Waals surface area contributed by atoms with Crippen LogP contribution < -0.4 is 10.5 Å². The minimum Gasteiger partial charge on any atom is -0.457 e. The molecule has 19 heavy (non-hydrogen) atoms. The van der Waals surface area contributed by atoms with Crippen molar-refractivity contribution in [3.8, 4) is 11.5 Å². The lowest BCUT2D eigenvalue weighted by Gasteiger charge is -2.13. The van der Waals surface area contributed by atoms with Gasteiger partial charge in [-0.25, -0.2) is 0 Å². The maximum Gasteiger partial charge on any atom is 0.130 e. The van der Waals surface area contributed by atoms with Gasteiger partial charge in [-0.3, -0.25) is 0 Å². The molecule has 0 radical (unpaired) electrons. The van der Waals surface area contributed by atoms with Gasteiger partial charge in [-0.05, 0) is 55.7 Å². The highest BCUT2D eigenvalue weighted by Gasteiger charge is 2.07. The molecule has 0 saturated carbocycles. The Morgan fingerprint density at radius 3 is 2.63 bits per heavy atom. The minimum atomic E-state index is 0.108. The Morgan fingerprint density at radius 2 is 1.95 bits per heavy atom. The lowest BCUT2D eigenvalue weighted by Crippen LogP contribution is -2.18. The summed E-state index contributed by atoms with van der Waals surface area (Å²) in [7, 11) is 0. The molecule has 0 aromatic heterocycles. The van der Waals surface area contributed by atoms with E-state index in [4.69, 9.17) is 22.1 Å². The van der Waals surface area contributed by atoms with Crippen molar-refractivity contribution in [1.82, 2.24) is 0 Å². The Labute approximate surface area is 119 Å². The molecule has 0 fully saturated rings. The summed E-state index contributed by atoms with van der Waals surface area (Å²) in [6, 6.07) is 13.7. The second kappa shape index (κ2) is 6.09. The van der Waals surface area contributed by atoms with Crippen LogP contribution in [0.2, 0.25) is 5.02 Å². The van der Waals surface area contributed by atoms with Crippen LogP contribution in [0, 0.1) is 6.92 Å². The summed E-state index contributed by atoms with van der Waals surface area (Å²) < 4.78 is 5.93. The second-order valence-corrected chi connectivity index (χ2v) is 5.21. The van der Waals surface area contributed by atoms with Crippen LogP contribution in [0.5, 0.6) is 11.5 Å². The second-order valence-electron chi connectivity index (χ2n) is 4.80. The Hall–Kier alpha value is -1.51. The molecule has 0 aliphatic rings. The van der Waals surface area contributed by atoms with Crippen LogP contribution in [0.3, 0.4) is 0 Å². The Morgan fingerprint density at radius 1 is 1.21 bits per heavy atom. The maximum absolute atomic E-state index is 6.01. The van der Waals surface area contributed by atoms with Gasteiger partial charge in [0.25, 0.3) is 0 Å². The molecule has 2 aromatic rings. The van der Waals surface area contributed by atoms with Crippen LogP contribution in [-0.2, 0) is 6.42 Å². The van der Waals surface area contributed by atoms with Crippen molar-refractivity contribution in [3.63, 3.8) is 0 Å². The third kappa shape index (κ3) is 3.72. The van der Waals surface area contributed by atoms with Gasteiger partial charge in [0, 0.05) is 11.1 Å². The molecule has 100 valence electrons. The Kier molecular flexibility index (Phi) is 4.46. The van der Waals surface area contributed by atoms with Crippen molar-refractivity contribution in [1.29, 1.82) is 0 Å². The molecule has 2 N–H and O–H groups in total. The average Bonchev–Trinajstić information content (AvgIpc) is 2.36. The summed E-state index contributed by atoms with van der Waals surface area (Å²) >= 11 is 6.01. The smallest absolute Gasteiger partial charge is 0.130 e. The first-order valence-electron chi connectivity index (χ1n) is 6.34. The SMILES string of the molecule is Cc1cc(Oc2ccccc2CC(C)N)ccc1Cl. The van der Waals surface area contributed by atoms with Crippen molar-refractivity contribution >= 4 is 11.6 Å². The normalized spacial score (nSPS) is 12.2. The monoisotopic (exact) mass is 275 g/mol. The first kappa shape index (κ1) is 13.9. The molecular weight excluding hydrogens is 258 g/mol. The summed E-state index contributed by atoms with van der Waals surface area (Å²) in [5.74, 6) is 1.64. The van der Waals surface area contributed by atoms with Crippen LogP contribution in [0.25, 0.3) is 0 Å². The van der Waals surface area contributed by atoms with Crippen LogP contribution in [-0.4, -0.2) is 6.04 Å². The van der Waals surface area contributed by atoms with E-state index >= 15 is 0 Å². The number of benzene rings is 2. The summed E-state index contributed by atoms with van der Waals surface area (Å²) in [6.07, 6.45) is 0.794. The van der Waals surface area contributed by atoms with Gasteiger partial charge in [0.05, 0.1) is 0 Å². The van der Waals surface area contributed by atoms with Gasteiger partial charge in [-0.2, -0.15) is 0 Å². The molecule has 0 amide bonds. The van der Waals surface area contributed by atoms with Crippen molar-refractivity contribution in [3.05, 3.63) is 58.6 Å². The van der Waals surface area contributed by atoms with Crippen LogP contribution in [0.1, 0.15) is 18.1 Å². The van der Waals surface area contributed by atoms with Gasteiger partial charge in [-0.1, -0.05) is 29.8 Å². The molecule has 2 rings (SSSR count). The number of hydrogen-bond donors (Lipinski definition) is 1. The third-order valence-corrected chi connectivity index (χ3v) is 3.30. The van der Waals surface area contributed by atoms with Crippen molar-refractivity contribution in [2.45, 2.75) is 26.3 Å². The van der Waals surface area contributed by atoms with Crippen molar-refractivity contribution in [2.24, 2.45) is 5.73 Å². The number of para-hydroxylation sites is 1. The van der Waals surface area contributed by atoms with Crippen molar-refractivity contribution in [2.75, 3.05) is 0 Å². The lowest BCUT2D eigenvalue weighted by atomic mass is 10.1. The quantitative estimate of drug-likeness (QED) is 0.901. The molecule has 0 heterocycles. The Bertz CT molecular complexity index is 566. The first-order chi connectivity index (χ1) is 9.06. The molecular formula is C16H18ClNO. The van der Waals surface area contributed by atoms with Gasteiger partial charge in [0.2, 0.25) is 0 Å². The number of ether oxygens (including phenoxy) is 1. The molecule has 0 bridgehead atoms. The zero-order chi connectivity index (χ0) is 13.8. The number of nitrogens with two attached hydrogens (primary N) is 1. The van der Waals surface area contributed by atoms with E-state index in [-0.39, 0.29) is 6.04 Å². The van der Waals surface area contributed by atoms with Gasteiger partial charge < -0.3 is 10.5 Å². The zero-order valence-electron chi connectivity index (χ0n) is 11.2. The molecule has 1 unspecified atom stereocenters. The Balaban J connectivity index is 2.25. The average molecular weight is 276 g/mol. The van der Waals surface area contributed by atoms with E-state index in [0.29, 0.717) is 0 Å². The van der Waals surface area contributed by atoms with E-state index in [1.807, 2.05) is 56.3 Å². The largest absolute Gasteiger partial charge is 0.457 e. The van der Waals surface area contributed by atoms with E-state index in [9.17, 15) is 0 Å². The fourth-order valence-corrected chi connectivity index (χ4v) is 2.04. The van der Waals surface area contributed by atoms with Gasteiger partial charge in [-0.15, -0.1) is 0 Å². The predicted molar refractivity (Wildman–Crippen MR) is 80.1 cm³/mol. The van der Waals surface area contributed by atoms with E-state index < -0.39 is 0 Å². The van der Waals surface area contributed by atoms with Gasteiger partial charge in [0.1, 0.15) is 11.5 Å². The molecule has 2 nitrogen and oxygen atoms in total. The fourth-order valence-electron chi connectivity index (χ4n) is 1.93. The van der Waals surface area contributed by atoms with Crippen molar-refractivity contribution < 1.29 is 4.74 Å². The molecule has 0 saturated heterocycles. The van der Waals surface area contributed by atoms with Gasteiger partial charge >= 0.3 is 0 Å².